The van der Waals surface area contributed by atoms with Crippen LogP contribution in [0.4, 0.5) is 0 Å². The van der Waals surface area contributed by atoms with Crippen molar-refractivity contribution in [3.63, 3.8) is 0 Å². The number of hydrogen-bond acceptors (Lipinski definition) is 8. The molecule has 166 valence electrons. The molecule has 0 aromatic heterocycles. The summed E-state index contributed by atoms with van der Waals surface area (Å²) < 4.78 is 33.0. The van der Waals surface area contributed by atoms with Crippen LogP contribution in [-0.2, 0) is 0 Å². The highest BCUT2D eigenvalue weighted by atomic mass is 16.7. The molecule has 0 fully saturated rings. The Hall–Kier alpha value is -3.82. The monoisotopic (exact) mass is 434 g/mol. The van der Waals surface area contributed by atoms with E-state index in [1.165, 1.54) is 26.4 Å². The normalized spacial score (nSPS) is 11.7. The van der Waals surface area contributed by atoms with Crippen molar-refractivity contribution >= 4 is 11.9 Å². The van der Waals surface area contributed by atoms with E-state index in [1.807, 2.05) is 0 Å². The molecule has 3 rings (SSSR count). The van der Waals surface area contributed by atoms with Crippen LogP contribution in [0, 0.1) is 0 Å². The summed E-state index contributed by atoms with van der Waals surface area (Å²) in [7, 11) is 2.72. The fourth-order valence-electron chi connectivity index (χ4n) is 3.35. The molecule has 31 heavy (non-hydrogen) atoms. The molecule has 10 heteroatoms. The van der Waals surface area contributed by atoms with Gasteiger partial charge in [0.05, 0.1) is 38.6 Å². The van der Waals surface area contributed by atoms with Crippen molar-refractivity contribution in [2.45, 2.75) is 13.8 Å². The van der Waals surface area contributed by atoms with E-state index < -0.39 is 11.9 Å². The van der Waals surface area contributed by atoms with Crippen LogP contribution in [0.25, 0.3) is 11.1 Å². The number of rotatable bonds is 9. The highest BCUT2D eigenvalue weighted by molar-refractivity contribution is 6.07. The van der Waals surface area contributed by atoms with Crippen molar-refractivity contribution in [3.8, 4) is 45.6 Å². The third kappa shape index (κ3) is 3.72. The molecule has 1 aliphatic rings. The molecule has 2 N–H and O–H groups in total. The highest BCUT2D eigenvalue weighted by Crippen LogP contribution is 2.55. The summed E-state index contributed by atoms with van der Waals surface area (Å²) in [6.45, 7) is 3.63. The summed E-state index contributed by atoms with van der Waals surface area (Å²) in [5, 5.41) is 19.8. The molecule has 10 nitrogen and oxygen atoms in total. The Morgan fingerprint density at radius 2 is 1.35 bits per heavy atom. The zero-order chi connectivity index (χ0) is 22.7. The Labute approximate surface area is 177 Å². The predicted octanol–water partition coefficient (Wildman–Crippen LogP) is 3.29. The molecular weight excluding hydrogens is 412 g/mol. The van der Waals surface area contributed by atoms with Gasteiger partial charge >= 0.3 is 11.9 Å². The fourth-order valence-corrected chi connectivity index (χ4v) is 3.35. The SMILES string of the molecule is CCOc1c(OC)cc(C(=O)O)c(-c2c(C(=O)O)cc(OC)c3c2OCO3)c1OCC. The van der Waals surface area contributed by atoms with Gasteiger partial charge in [-0.1, -0.05) is 0 Å². The maximum atomic E-state index is 12.2. The second-order valence-corrected chi connectivity index (χ2v) is 6.20. The van der Waals surface area contributed by atoms with E-state index in [2.05, 4.69) is 0 Å². The topological polar surface area (TPSA) is 130 Å². The molecule has 0 bridgehead atoms. The molecule has 0 radical (unpaired) electrons. The number of hydrogen-bond donors (Lipinski definition) is 2. The summed E-state index contributed by atoms with van der Waals surface area (Å²) in [5.41, 5.74) is -0.558. The molecule has 2 aromatic carbocycles. The van der Waals surface area contributed by atoms with Crippen molar-refractivity contribution < 1.29 is 48.2 Å². The Morgan fingerprint density at radius 3 is 1.90 bits per heavy atom. The number of benzene rings is 2. The van der Waals surface area contributed by atoms with Gasteiger partial charge in [0.1, 0.15) is 0 Å². The van der Waals surface area contributed by atoms with Crippen LogP contribution >= 0.6 is 0 Å². The molecule has 0 unspecified atom stereocenters. The zero-order valence-electron chi connectivity index (χ0n) is 17.4. The lowest BCUT2D eigenvalue weighted by Crippen LogP contribution is -2.10. The molecular formula is C21H22O10. The molecule has 0 atom stereocenters. The maximum Gasteiger partial charge on any atom is 0.336 e. The smallest absolute Gasteiger partial charge is 0.336 e. The third-order valence-electron chi connectivity index (χ3n) is 4.54. The van der Waals surface area contributed by atoms with Crippen LogP contribution in [0.5, 0.6) is 34.5 Å². The minimum absolute atomic E-state index is 0.0199. The van der Waals surface area contributed by atoms with Crippen molar-refractivity contribution in [3.05, 3.63) is 23.3 Å². The van der Waals surface area contributed by atoms with E-state index in [4.69, 9.17) is 28.4 Å². The number of methoxy groups -OCH3 is 2. The van der Waals surface area contributed by atoms with Crippen LogP contribution in [0.3, 0.4) is 0 Å². The number of aromatic carboxylic acids is 2. The number of fused-ring (bicyclic) bond motifs is 1. The van der Waals surface area contributed by atoms with E-state index in [9.17, 15) is 19.8 Å². The van der Waals surface area contributed by atoms with Gasteiger partial charge in [-0.3, -0.25) is 0 Å². The molecule has 1 heterocycles. The van der Waals surface area contributed by atoms with Gasteiger partial charge in [-0.25, -0.2) is 9.59 Å². The largest absolute Gasteiger partial charge is 0.493 e. The van der Waals surface area contributed by atoms with Gasteiger partial charge < -0.3 is 38.6 Å². The molecule has 0 spiro atoms. The molecule has 0 amide bonds. The molecule has 0 aliphatic carbocycles. The average Bonchev–Trinajstić information content (AvgIpc) is 3.23. The Morgan fingerprint density at radius 1 is 0.839 bits per heavy atom. The molecule has 0 saturated carbocycles. The minimum Gasteiger partial charge on any atom is -0.493 e. The number of carboxylic acids is 2. The molecule has 0 saturated heterocycles. The fraction of sp³-hybridized carbons (Fsp3) is 0.333. The highest BCUT2D eigenvalue weighted by Gasteiger charge is 2.35. The van der Waals surface area contributed by atoms with E-state index in [0.29, 0.717) is 0 Å². The third-order valence-corrected chi connectivity index (χ3v) is 4.54. The summed E-state index contributed by atoms with van der Waals surface area (Å²) in [6.07, 6.45) is 0. The van der Waals surface area contributed by atoms with Gasteiger partial charge in [0.2, 0.25) is 18.3 Å². The first-order chi connectivity index (χ1) is 14.9. The number of carbonyl (C=O) groups is 2. The van der Waals surface area contributed by atoms with Crippen LogP contribution < -0.4 is 28.4 Å². The maximum absolute atomic E-state index is 12.2. The zero-order valence-corrected chi connectivity index (χ0v) is 17.4. The standard InChI is InChI=1S/C21H22O10/c1-5-28-16-12(26-3)7-10(20(22)23)14(18(16)29-6-2)15-11(21(24)25)8-13(27-4)17-19(15)31-9-30-17/h7-8H,5-6,9H2,1-4H3,(H,22,23)(H,24,25). The summed E-state index contributed by atoms with van der Waals surface area (Å²) in [6, 6.07) is 2.50. The van der Waals surface area contributed by atoms with Gasteiger partial charge in [-0.15, -0.1) is 0 Å². The Bertz CT molecular complexity index is 1030. The van der Waals surface area contributed by atoms with E-state index in [-0.39, 0.29) is 76.8 Å². The van der Waals surface area contributed by atoms with Crippen LogP contribution in [0.2, 0.25) is 0 Å². The van der Waals surface area contributed by atoms with Gasteiger partial charge in [-0.2, -0.15) is 0 Å². The second-order valence-electron chi connectivity index (χ2n) is 6.20. The van der Waals surface area contributed by atoms with Crippen molar-refractivity contribution in [1.29, 1.82) is 0 Å². The second kappa shape index (κ2) is 8.90. The minimum atomic E-state index is -1.32. The first-order valence-electron chi connectivity index (χ1n) is 9.37. The lowest BCUT2D eigenvalue weighted by atomic mass is 9.91. The van der Waals surface area contributed by atoms with E-state index in [1.54, 1.807) is 13.8 Å². The van der Waals surface area contributed by atoms with Crippen LogP contribution in [0.1, 0.15) is 34.6 Å². The molecule has 1 aliphatic heterocycles. The molecule has 2 aromatic rings. The summed E-state index contributed by atoms with van der Waals surface area (Å²) >= 11 is 0. The first-order valence-corrected chi connectivity index (χ1v) is 9.37. The van der Waals surface area contributed by atoms with Gasteiger partial charge in [0, 0.05) is 11.1 Å². The Kier molecular flexibility index (Phi) is 6.28. The van der Waals surface area contributed by atoms with Crippen molar-refractivity contribution in [2.75, 3.05) is 34.2 Å². The average molecular weight is 434 g/mol. The van der Waals surface area contributed by atoms with Crippen LogP contribution in [0.15, 0.2) is 12.1 Å². The lowest BCUT2D eigenvalue weighted by molar-refractivity contribution is 0.0683. The van der Waals surface area contributed by atoms with E-state index in [0.717, 1.165) is 0 Å². The van der Waals surface area contributed by atoms with Crippen molar-refractivity contribution in [1.82, 2.24) is 0 Å². The van der Waals surface area contributed by atoms with Crippen LogP contribution in [-0.4, -0.2) is 56.4 Å². The Balaban J connectivity index is 2.53. The number of carboxylic acid groups (broad SMARTS) is 2. The van der Waals surface area contributed by atoms with Crippen molar-refractivity contribution in [2.24, 2.45) is 0 Å². The van der Waals surface area contributed by atoms with Gasteiger partial charge in [0.15, 0.2) is 23.0 Å². The summed E-state index contributed by atoms with van der Waals surface area (Å²) in [4.78, 5) is 24.3. The number of ether oxygens (including phenoxy) is 6. The first kappa shape index (κ1) is 21.9. The quantitative estimate of drug-likeness (QED) is 0.606. The predicted molar refractivity (Wildman–Crippen MR) is 107 cm³/mol. The summed E-state index contributed by atoms with van der Waals surface area (Å²) in [5.74, 6) is -2.01. The van der Waals surface area contributed by atoms with E-state index >= 15 is 0 Å². The lowest BCUT2D eigenvalue weighted by Gasteiger charge is -2.22. The van der Waals surface area contributed by atoms with Gasteiger partial charge in [-0.05, 0) is 26.0 Å². The van der Waals surface area contributed by atoms with Gasteiger partial charge in [0.25, 0.3) is 0 Å².